The fourth-order valence-corrected chi connectivity index (χ4v) is 3.45. The van der Waals surface area contributed by atoms with Crippen LogP contribution in [0.25, 0.3) is 16.8 Å². The molecular weight excluding hydrogens is 423 g/mol. The van der Waals surface area contributed by atoms with E-state index in [2.05, 4.69) is 10.3 Å². The van der Waals surface area contributed by atoms with Gasteiger partial charge in [0.1, 0.15) is 22.4 Å². The molecule has 29 heavy (non-hydrogen) atoms. The SMILES string of the molecule is COc1cccc(-c2csc(C(C#N)=CNc3ccc(Cl)cc3C(F)(F)F)n2)c1. The number of ether oxygens (including phenoxy) is 1. The molecule has 0 atom stereocenters. The van der Waals surface area contributed by atoms with Crippen LogP contribution in [0.2, 0.25) is 5.02 Å². The van der Waals surface area contributed by atoms with Crippen LogP contribution in [0.15, 0.2) is 54.0 Å². The van der Waals surface area contributed by atoms with E-state index in [4.69, 9.17) is 16.3 Å². The number of alkyl halides is 3. The number of hydrogen-bond donors (Lipinski definition) is 1. The van der Waals surface area contributed by atoms with Crippen LogP contribution in [0.5, 0.6) is 5.75 Å². The van der Waals surface area contributed by atoms with Crippen LogP contribution >= 0.6 is 22.9 Å². The van der Waals surface area contributed by atoms with E-state index in [-0.39, 0.29) is 16.3 Å². The van der Waals surface area contributed by atoms with E-state index >= 15 is 0 Å². The van der Waals surface area contributed by atoms with Crippen molar-refractivity contribution in [2.24, 2.45) is 0 Å². The molecule has 0 fully saturated rings. The van der Waals surface area contributed by atoms with Crippen molar-refractivity contribution in [1.29, 1.82) is 5.26 Å². The molecule has 1 N–H and O–H groups in total. The van der Waals surface area contributed by atoms with Crippen LogP contribution in [-0.4, -0.2) is 12.1 Å². The maximum atomic E-state index is 13.2. The maximum Gasteiger partial charge on any atom is 0.418 e. The van der Waals surface area contributed by atoms with Crippen molar-refractivity contribution in [3.8, 4) is 23.1 Å². The van der Waals surface area contributed by atoms with Crippen molar-refractivity contribution in [2.75, 3.05) is 12.4 Å². The highest BCUT2D eigenvalue weighted by atomic mass is 35.5. The summed E-state index contributed by atoms with van der Waals surface area (Å²) >= 11 is 6.89. The first kappa shape index (κ1) is 20.7. The number of nitrogens with zero attached hydrogens (tertiary/aromatic N) is 2. The van der Waals surface area contributed by atoms with Crippen LogP contribution in [0.4, 0.5) is 18.9 Å². The molecule has 0 unspecified atom stereocenters. The van der Waals surface area contributed by atoms with Crippen LogP contribution in [-0.2, 0) is 6.18 Å². The lowest BCUT2D eigenvalue weighted by Gasteiger charge is -2.13. The predicted octanol–water partition coefficient (Wildman–Crippen LogP) is 6.47. The number of benzene rings is 2. The Morgan fingerprint density at radius 2 is 2.07 bits per heavy atom. The van der Waals surface area contributed by atoms with Gasteiger partial charge in [0, 0.05) is 22.2 Å². The predicted molar refractivity (Wildman–Crippen MR) is 108 cm³/mol. The highest BCUT2D eigenvalue weighted by Gasteiger charge is 2.33. The summed E-state index contributed by atoms with van der Waals surface area (Å²) in [6.45, 7) is 0. The molecule has 1 heterocycles. The third kappa shape index (κ3) is 4.88. The molecule has 0 aliphatic heterocycles. The molecule has 2 aromatic carbocycles. The number of hydrogen-bond acceptors (Lipinski definition) is 5. The second kappa shape index (κ2) is 8.55. The van der Waals surface area contributed by atoms with Crippen LogP contribution < -0.4 is 10.1 Å². The first-order chi connectivity index (χ1) is 13.8. The van der Waals surface area contributed by atoms with E-state index in [0.29, 0.717) is 16.5 Å². The second-order valence-electron chi connectivity index (χ2n) is 5.77. The molecule has 1 aromatic heterocycles. The Morgan fingerprint density at radius 3 is 2.76 bits per heavy atom. The van der Waals surface area contributed by atoms with Crippen molar-refractivity contribution in [3.63, 3.8) is 0 Å². The summed E-state index contributed by atoms with van der Waals surface area (Å²) in [5.41, 5.74) is 0.405. The number of nitrogens with one attached hydrogen (secondary N) is 1. The molecular formula is C20H13ClF3N3OS. The minimum atomic E-state index is -4.59. The van der Waals surface area contributed by atoms with Crippen LogP contribution in [0, 0.1) is 11.3 Å². The molecule has 148 valence electrons. The maximum absolute atomic E-state index is 13.2. The number of thiazole rings is 1. The molecule has 4 nitrogen and oxygen atoms in total. The van der Waals surface area contributed by atoms with E-state index < -0.39 is 11.7 Å². The molecule has 0 spiro atoms. The van der Waals surface area contributed by atoms with Gasteiger partial charge in [0.15, 0.2) is 0 Å². The summed E-state index contributed by atoms with van der Waals surface area (Å²) in [4.78, 5) is 4.41. The fraction of sp³-hybridized carbons (Fsp3) is 0.100. The summed E-state index contributed by atoms with van der Waals surface area (Å²) in [6.07, 6.45) is -3.39. The van der Waals surface area contributed by atoms with Gasteiger partial charge in [-0.05, 0) is 30.3 Å². The fourth-order valence-electron chi connectivity index (χ4n) is 2.48. The third-order valence-corrected chi connectivity index (χ3v) is 4.99. The summed E-state index contributed by atoms with van der Waals surface area (Å²) in [5.74, 6) is 0.664. The van der Waals surface area contributed by atoms with Gasteiger partial charge >= 0.3 is 6.18 Å². The van der Waals surface area contributed by atoms with Crippen molar-refractivity contribution in [1.82, 2.24) is 4.98 Å². The molecule has 0 saturated carbocycles. The van der Waals surface area contributed by atoms with Crippen LogP contribution in [0.3, 0.4) is 0 Å². The third-order valence-electron chi connectivity index (χ3n) is 3.88. The Bertz CT molecular complexity index is 1100. The largest absolute Gasteiger partial charge is 0.497 e. The van der Waals surface area contributed by atoms with Gasteiger partial charge < -0.3 is 10.1 Å². The van der Waals surface area contributed by atoms with E-state index in [1.54, 1.807) is 24.6 Å². The van der Waals surface area contributed by atoms with Crippen LogP contribution in [0.1, 0.15) is 10.6 Å². The number of methoxy groups -OCH3 is 1. The number of aromatic nitrogens is 1. The topological polar surface area (TPSA) is 57.9 Å². The standard InChI is InChI=1S/C20H13ClF3N3OS/c1-28-15-4-2-3-12(7-15)18-11-29-19(27-18)13(9-25)10-26-17-6-5-14(21)8-16(17)20(22,23)24/h2-8,10-11,26H,1H3. The second-order valence-corrected chi connectivity index (χ2v) is 7.07. The molecule has 0 bridgehead atoms. The summed E-state index contributed by atoms with van der Waals surface area (Å²) in [5, 5.41) is 14.1. The smallest absolute Gasteiger partial charge is 0.418 e. The zero-order chi connectivity index (χ0) is 21.0. The highest BCUT2D eigenvalue weighted by Crippen LogP contribution is 2.37. The van der Waals surface area contributed by atoms with E-state index in [1.807, 2.05) is 18.2 Å². The molecule has 0 radical (unpaired) electrons. The molecule has 9 heteroatoms. The summed E-state index contributed by atoms with van der Waals surface area (Å²) < 4.78 is 44.8. The average Bonchev–Trinajstić information content (AvgIpc) is 3.19. The molecule has 0 aliphatic rings. The van der Waals surface area contributed by atoms with Gasteiger partial charge in [0.2, 0.25) is 0 Å². The average molecular weight is 436 g/mol. The lowest BCUT2D eigenvalue weighted by molar-refractivity contribution is -0.136. The van der Waals surface area contributed by atoms with Gasteiger partial charge in [-0.2, -0.15) is 18.4 Å². The zero-order valence-corrected chi connectivity index (χ0v) is 16.5. The molecule has 3 rings (SSSR count). The monoisotopic (exact) mass is 435 g/mol. The quantitative estimate of drug-likeness (QED) is 0.467. The normalized spacial score (nSPS) is 11.8. The molecule has 0 saturated heterocycles. The first-order valence-corrected chi connectivity index (χ1v) is 9.41. The Morgan fingerprint density at radius 1 is 1.28 bits per heavy atom. The van der Waals surface area contributed by atoms with Crippen molar-refractivity contribution >= 4 is 34.2 Å². The number of nitriles is 1. The van der Waals surface area contributed by atoms with Crippen molar-refractivity contribution in [3.05, 3.63) is 69.6 Å². The Hall–Kier alpha value is -3.02. The van der Waals surface area contributed by atoms with E-state index in [1.165, 1.54) is 29.7 Å². The summed E-state index contributed by atoms with van der Waals surface area (Å²) in [6, 6.07) is 12.6. The lowest BCUT2D eigenvalue weighted by atomic mass is 10.1. The minimum Gasteiger partial charge on any atom is -0.497 e. The van der Waals surface area contributed by atoms with Gasteiger partial charge in [0.25, 0.3) is 0 Å². The summed E-state index contributed by atoms with van der Waals surface area (Å²) in [7, 11) is 1.56. The Kier molecular flexibility index (Phi) is 6.11. The number of rotatable bonds is 5. The molecule has 0 amide bonds. The Labute approximate surface area is 173 Å². The Balaban J connectivity index is 1.89. The minimum absolute atomic E-state index is 0.0322. The lowest BCUT2D eigenvalue weighted by Crippen LogP contribution is -2.08. The van der Waals surface area contributed by atoms with Gasteiger partial charge in [-0.3, -0.25) is 0 Å². The van der Waals surface area contributed by atoms with Gasteiger partial charge in [-0.25, -0.2) is 4.98 Å². The van der Waals surface area contributed by atoms with Crippen molar-refractivity contribution < 1.29 is 17.9 Å². The van der Waals surface area contributed by atoms with Gasteiger partial charge in [-0.15, -0.1) is 11.3 Å². The number of allylic oxidation sites excluding steroid dienone is 1. The highest BCUT2D eigenvalue weighted by molar-refractivity contribution is 7.11. The van der Waals surface area contributed by atoms with E-state index in [0.717, 1.165) is 11.6 Å². The van der Waals surface area contributed by atoms with E-state index in [9.17, 15) is 18.4 Å². The van der Waals surface area contributed by atoms with Crippen molar-refractivity contribution in [2.45, 2.75) is 6.18 Å². The van der Waals surface area contributed by atoms with Gasteiger partial charge in [0.05, 0.1) is 24.1 Å². The molecule has 0 aliphatic carbocycles. The first-order valence-electron chi connectivity index (χ1n) is 8.15. The number of halogens is 4. The molecule has 3 aromatic rings. The zero-order valence-electron chi connectivity index (χ0n) is 14.9. The number of anilines is 1. The van der Waals surface area contributed by atoms with Gasteiger partial charge in [-0.1, -0.05) is 23.7 Å².